The lowest BCUT2D eigenvalue weighted by atomic mass is 10.1. The maximum atomic E-state index is 6.02. The Balaban J connectivity index is 2.18. The van der Waals surface area contributed by atoms with Gasteiger partial charge in [-0.05, 0) is 25.5 Å². The van der Waals surface area contributed by atoms with Crippen molar-refractivity contribution in [3.05, 3.63) is 28.2 Å². The Labute approximate surface area is 126 Å². The summed E-state index contributed by atoms with van der Waals surface area (Å²) in [6.07, 6.45) is 5.07. The molecule has 0 heterocycles. The van der Waals surface area contributed by atoms with Crippen LogP contribution < -0.4 is 10.1 Å². The van der Waals surface area contributed by atoms with Gasteiger partial charge in [0.15, 0.2) is 0 Å². The van der Waals surface area contributed by atoms with E-state index in [0.717, 1.165) is 6.54 Å². The summed E-state index contributed by atoms with van der Waals surface area (Å²) >= 11 is 11.9. The van der Waals surface area contributed by atoms with E-state index in [2.05, 4.69) is 19.2 Å². The first kappa shape index (κ1) is 16.6. The first-order valence-electron chi connectivity index (χ1n) is 6.94. The van der Waals surface area contributed by atoms with Crippen molar-refractivity contribution in [1.82, 2.24) is 5.32 Å². The predicted octanol–water partition coefficient (Wildman–Crippen LogP) is 4.93. The molecule has 2 nitrogen and oxygen atoms in total. The topological polar surface area (TPSA) is 21.3 Å². The molecule has 0 spiro atoms. The monoisotopic (exact) mass is 303 g/mol. The van der Waals surface area contributed by atoms with Gasteiger partial charge in [-0.1, -0.05) is 49.4 Å². The molecule has 108 valence electrons. The Morgan fingerprint density at radius 3 is 2.79 bits per heavy atom. The molecule has 0 saturated heterocycles. The maximum Gasteiger partial charge on any atom is 0.139 e. The Morgan fingerprint density at radius 1 is 1.26 bits per heavy atom. The second-order valence-corrected chi connectivity index (χ2v) is 5.62. The van der Waals surface area contributed by atoms with E-state index in [0.29, 0.717) is 28.4 Å². The summed E-state index contributed by atoms with van der Waals surface area (Å²) in [5, 5.41) is 4.68. The van der Waals surface area contributed by atoms with Crippen molar-refractivity contribution in [3.63, 3.8) is 0 Å². The molecule has 19 heavy (non-hydrogen) atoms. The average Bonchev–Trinajstić information content (AvgIpc) is 2.39. The molecule has 0 radical (unpaired) electrons. The van der Waals surface area contributed by atoms with Crippen LogP contribution in [0.5, 0.6) is 5.75 Å². The number of nitrogens with one attached hydrogen (secondary N) is 1. The van der Waals surface area contributed by atoms with Gasteiger partial charge < -0.3 is 10.1 Å². The minimum absolute atomic E-state index is 0.532. The fraction of sp³-hybridized carbons (Fsp3) is 0.600. The van der Waals surface area contributed by atoms with Crippen LogP contribution in [0.2, 0.25) is 10.0 Å². The standard InChI is InChI=1S/C15H23Cl2NO/c1-3-4-5-6-12(2)18-9-10-19-15-11-13(16)7-8-14(15)17/h7-8,11-12,18H,3-6,9-10H2,1-2H3. The van der Waals surface area contributed by atoms with Crippen molar-refractivity contribution in [2.24, 2.45) is 0 Å². The second kappa shape index (κ2) is 9.46. The number of hydrogen-bond acceptors (Lipinski definition) is 2. The van der Waals surface area contributed by atoms with Gasteiger partial charge in [0.1, 0.15) is 12.4 Å². The van der Waals surface area contributed by atoms with Crippen molar-refractivity contribution in [2.45, 2.75) is 45.6 Å². The maximum absolute atomic E-state index is 6.02. The summed E-state index contributed by atoms with van der Waals surface area (Å²) in [6.45, 7) is 5.84. The molecule has 0 fully saturated rings. The first-order chi connectivity index (χ1) is 9.13. The van der Waals surface area contributed by atoms with Gasteiger partial charge in [0.25, 0.3) is 0 Å². The van der Waals surface area contributed by atoms with Crippen molar-refractivity contribution in [1.29, 1.82) is 0 Å². The molecule has 1 atom stereocenters. The molecule has 1 unspecified atom stereocenters. The van der Waals surface area contributed by atoms with Crippen LogP contribution in [0.15, 0.2) is 18.2 Å². The van der Waals surface area contributed by atoms with Gasteiger partial charge in [-0.2, -0.15) is 0 Å². The molecule has 1 aromatic rings. The Morgan fingerprint density at radius 2 is 2.05 bits per heavy atom. The highest BCUT2D eigenvalue weighted by atomic mass is 35.5. The van der Waals surface area contributed by atoms with E-state index in [-0.39, 0.29) is 0 Å². The van der Waals surface area contributed by atoms with Gasteiger partial charge in [0, 0.05) is 23.7 Å². The quantitative estimate of drug-likeness (QED) is 0.653. The molecule has 1 N–H and O–H groups in total. The second-order valence-electron chi connectivity index (χ2n) is 4.77. The summed E-state index contributed by atoms with van der Waals surface area (Å²) < 4.78 is 5.61. The summed E-state index contributed by atoms with van der Waals surface area (Å²) in [5.74, 6) is 0.648. The van der Waals surface area contributed by atoms with Gasteiger partial charge in [-0.3, -0.25) is 0 Å². The molecule has 1 rings (SSSR count). The first-order valence-corrected chi connectivity index (χ1v) is 7.70. The zero-order valence-corrected chi connectivity index (χ0v) is 13.2. The van der Waals surface area contributed by atoms with Crippen LogP contribution in [0.1, 0.15) is 39.5 Å². The van der Waals surface area contributed by atoms with Crippen molar-refractivity contribution in [3.8, 4) is 5.75 Å². The molecule has 0 amide bonds. The molecular weight excluding hydrogens is 281 g/mol. The van der Waals surface area contributed by atoms with Gasteiger partial charge in [0.05, 0.1) is 5.02 Å². The fourth-order valence-electron chi connectivity index (χ4n) is 1.86. The Hall–Kier alpha value is -0.440. The van der Waals surface area contributed by atoms with E-state index in [1.807, 2.05) is 0 Å². The van der Waals surface area contributed by atoms with E-state index in [1.54, 1.807) is 18.2 Å². The summed E-state index contributed by atoms with van der Waals surface area (Å²) in [7, 11) is 0. The van der Waals surface area contributed by atoms with Crippen LogP contribution in [-0.4, -0.2) is 19.2 Å². The molecule has 4 heteroatoms. The molecule has 0 bridgehead atoms. The van der Waals surface area contributed by atoms with E-state index in [1.165, 1.54) is 25.7 Å². The molecule has 1 aromatic carbocycles. The SMILES string of the molecule is CCCCCC(C)NCCOc1cc(Cl)ccc1Cl. The zero-order chi connectivity index (χ0) is 14.1. The van der Waals surface area contributed by atoms with E-state index >= 15 is 0 Å². The number of halogens is 2. The highest BCUT2D eigenvalue weighted by Crippen LogP contribution is 2.27. The highest BCUT2D eigenvalue weighted by molar-refractivity contribution is 6.34. The van der Waals surface area contributed by atoms with Crippen LogP contribution >= 0.6 is 23.2 Å². The average molecular weight is 304 g/mol. The molecular formula is C15H23Cl2NO. The van der Waals surface area contributed by atoms with Crippen LogP contribution in [0.3, 0.4) is 0 Å². The van der Waals surface area contributed by atoms with Gasteiger partial charge >= 0.3 is 0 Å². The van der Waals surface area contributed by atoms with E-state index in [9.17, 15) is 0 Å². The number of hydrogen-bond donors (Lipinski definition) is 1. The van der Waals surface area contributed by atoms with E-state index < -0.39 is 0 Å². The molecule has 0 aliphatic rings. The smallest absolute Gasteiger partial charge is 0.139 e. The fourth-order valence-corrected chi connectivity index (χ4v) is 2.19. The Bertz CT molecular complexity index is 371. The van der Waals surface area contributed by atoms with Gasteiger partial charge in [0.2, 0.25) is 0 Å². The van der Waals surface area contributed by atoms with Crippen molar-refractivity contribution < 1.29 is 4.74 Å². The van der Waals surface area contributed by atoms with E-state index in [4.69, 9.17) is 27.9 Å². The number of unbranched alkanes of at least 4 members (excludes halogenated alkanes) is 2. The third kappa shape index (κ3) is 7.05. The third-order valence-corrected chi connectivity index (χ3v) is 3.53. The summed E-state index contributed by atoms with van der Waals surface area (Å²) in [6, 6.07) is 5.78. The Kier molecular flexibility index (Phi) is 8.27. The van der Waals surface area contributed by atoms with Gasteiger partial charge in [-0.15, -0.1) is 0 Å². The van der Waals surface area contributed by atoms with Crippen LogP contribution in [0.4, 0.5) is 0 Å². The number of ether oxygens (including phenoxy) is 1. The molecule has 0 saturated carbocycles. The van der Waals surface area contributed by atoms with Crippen LogP contribution in [0, 0.1) is 0 Å². The minimum atomic E-state index is 0.532. The molecule has 0 aliphatic heterocycles. The summed E-state index contributed by atoms with van der Waals surface area (Å²) in [4.78, 5) is 0. The van der Waals surface area contributed by atoms with Crippen LogP contribution in [-0.2, 0) is 0 Å². The van der Waals surface area contributed by atoms with Crippen molar-refractivity contribution >= 4 is 23.2 Å². The third-order valence-electron chi connectivity index (χ3n) is 2.99. The minimum Gasteiger partial charge on any atom is -0.491 e. The lowest BCUT2D eigenvalue weighted by Gasteiger charge is -2.14. The van der Waals surface area contributed by atoms with Gasteiger partial charge in [-0.25, -0.2) is 0 Å². The highest BCUT2D eigenvalue weighted by Gasteiger charge is 2.03. The normalized spacial score (nSPS) is 12.4. The van der Waals surface area contributed by atoms with Crippen LogP contribution in [0.25, 0.3) is 0 Å². The lowest BCUT2D eigenvalue weighted by Crippen LogP contribution is -2.30. The largest absolute Gasteiger partial charge is 0.491 e. The summed E-state index contributed by atoms with van der Waals surface area (Å²) in [5.41, 5.74) is 0. The molecule has 0 aliphatic carbocycles. The van der Waals surface area contributed by atoms with Crippen molar-refractivity contribution in [2.75, 3.05) is 13.2 Å². The number of benzene rings is 1. The molecule has 0 aromatic heterocycles. The predicted molar refractivity (Wildman–Crippen MR) is 83.6 cm³/mol. The zero-order valence-electron chi connectivity index (χ0n) is 11.7. The number of rotatable bonds is 9. The lowest BCUT2D eigenvalue weighted by molar-refractivity contribution is 0.304.